The lowest BCUT2D eigenvalue weighted by Crippen LogP contribution is -2.16. The van der Waals surface area contributed by atoms with Crippen LogP contribution in [0.1, 0.15) is 5.56 Å². The molecule has 1 aromatic heterocycles. The molecule has 0 saturated carbocycles. The van der Waals surface area contributed by atoms with E-state index in [1.165, 1.54) is 43.8 Å². The highest BCUT2D eigenvalue weighted by molar-refractivity contribution is 7.92. The average Bonchev–Trinajstić information content (AvgIpc) is 2.75. The highest BCUT2D eigenvalue weighted by Gasteiger charge is 2.18. The molecule has 0 aliphatic heterocycles. The highest BCUT2D eigenvalue weighted by Crippen LogP contribution is 2.22. The SMILES string of the molecule is COc1ccc(CC(=O)Nc2ccc(S(=O)(=O)Nc3nccnc3OC)cc2)cc1. The number of rotatable bonds is 8. The number of hydrogen-bond donors (Lipinski definition) is 2. The third-order valence-corrected chi connectivity index (χ3v) is 5.42. The molecule has 0 unspecified atom stereocenters. The molecule has 1 heterocycles. The lowest BCUT2D eigenvalue weighted by atomic mass is 10.1. The van der Waals surface area contributed by atoms with E-state index in [1.807, 2.05) is 0 Å². The van der Waals surface area contributed by atoms with Gasteiger partial charge in [0.15, 0.2) is 0 Å². The van der Waals surface area contributed by atoms with Crippen molar-refractivity contribution >= 4 is 27.4 Å². The smallest absolute Gasteiger partial charge is 0.263 e. The Morgan fingerprint density at radius 2 is 1.60 bits per heavy atom. The second-order valence-electron chi connectivity index (χ2n) is 6.12. The topological polar surface area (TPSA) is 120 Å². The Labute approximate surface area is 174 Å². The van der Waals surface area contributed by atoms with Crippen molar-refractivity contribution in [2.45, 2.75) is 11.3 Å². The van der Waals surface area contributed by atoms with Gasteiger partial charge in [0.05, 0.1) is 25.5 Å². The fraction of sp³-hybridized carbons (Fsp3) is 0.150. The maximum atomic E-state index is 12.6. The molecular weight excluding hydrogens is 408 g/mol. The fourth-order valence-electron chi connectivity index (χ4n) is 2.58. The minimum atomic E-state index is -3.90. The number of aromatic nitrogens is 2. The van der Waals surface area contributed by atoms with Gasteiger partial charge in [-0.2, -0.15) is 0 Å². The molecule has 0 atom stereocenters. The van der Waals surface area contributed by atoms with Gasteiger partial charge >= 0.3 is 0 Å². The van der Waals surface area contributed by atoms with Gasteiger partial charge in [0.2, 0.25) is 11.7 Å². The number of hydrogen-bond acceptors (Lipinski definition) is 7. The van der Waals surface area contributed by atoms with E-state index in [1.54, 1.807) is 31.4 Å². The number of nitrogens with one attached hydrogen (secondary N) is 2. The first kappa shape index (κ1) is 21.1. The molecule has 0 bridgehead atoms. The van der Waals surface area contributed by atoms with E-state index >= 15 is 0 Å². The summed E-state index contributed by atoms with van der Waals surface area (Å²) in [6.45, 7) is 0. The number of carbonyl (C=O) groups excluding carboxylic acids is 1. The monoisotopic (exact) mass is 428 g/mol. The first-order chi connectivity index (χ1) is 14.4. The summed E-state index contributed by atoms with van der Waals surface area (Å²) in [4.78, 5) is 20.1. The third kappa shape index (κ3) is 5.23. The molecule has 0 radical (unpaired) electrons. The number of ether oxygens (including phenoxy) is 2. The second kappa shape index (κ2) is 9.23. The molecule has 0 fully saturated rings. The van der Waals surface area contributed by atoms with Gasteiger partial charge in [0.1, 0.15) is 5.75 Å². The highest BCUT2D eigenvalue weighted by atomic mass is 32.2. The summed E-state index contributed by atoms with van der Waals surface area (Å²) >= 11 is 0. The van der Waals surface area contributed by atoms with Crippen LogP contribution in [-0.2, 0) is 21.2 Å². The van der Waals surface area contributed by atoms with Crippen LogP contribution in [0.4, 0.5) is 11.5 Å². The maximum absolute atomic E-state index is 12.6. The number of carbonyl (C=O) groups is 1. The van der Waals surface area contributed by atoms with Crippen LogP contribution in [0.15, 0.2) is 65.8 Å². The molecule has 3 rings (SSSR count). The molecule has 0 spiro atoms. The lowest BCUT2D eigenvalue weighted by Gasteiger charge is -2.10. The van der Waals surface area contributed by atoms with Gasteiger partial charge in [0, 0.05) is 18.1 Å². The van der Waals surface area contributed by atoms with Crippen molar-refractivity contribution < 1.29 is 22.7 Å². The van der Waals surface area contributed by atoms with Gasteiger partial charge in [-0.25, -0.2) is 18.4 Å². The molecule has 0 aliphatic rings. The van der Waals surface area contributed by atoms with E-state index in [0.717, 1.165) is 5.56 Å². The zero-order valence-electron chi connectivity index (χ0n) is 16.3. The van der Waals surface area contributed by atoms with Crippen LogP contribution in [-0.4, -0.2) is 38.5 Å². The molecule has 30 heavy (non-hydrogen) atoms. The van der Waals surface area contributed by atoms with E-state index in [4.69, 9.17) is 9.47 Å². The molecule has 2 aromatic carbocycles. The van der Waals surface area contributed by atoms with Crippen molar-refractivity contribution in [3.05, 3.63) is 66.5 Å². The van der Waals surface area contributed by atoms with Crippen LogP contribution in [0.5, 0.6) is 11.6 Å². The van der Waals surface area contributed by atoms with Gasteiger partial charge in [-0.3, -0.25) is 9.52 Å². The molecule has 1 amide bonds. The molecule has 9 nitrogen and oxygen atoms in total. The van der Waals surface area contributed by atoms with Gasteiger partial charge in [-0.15, -0.1) is 0 Å². The summed E-state index contributed by atoms with van der Waals surface area (Å²) in [5, 5.41) is 2.74. The predicted octanol–water partition coefficient (Wildman–Crippen LogP) is 2.48. The van der Waals surface area contributed by atoms with Crippen LogP contribution >= 0.6 is 0 Å². The summed E-state index contributed by atoms with van der Waals surface area (Å²) in [6.07, 6.45) is 2.92. The van der Waals surface area contributed by atoms with Crippen LogP contribution in [0.2, 0.25) is 0 Å². The number of benzene rings is 2. The Bertz CT molecular complexity index is 1120. The molecule has 2 N–H and O–H groups in total. The number of methoxy groups -OCH3 is 2. The minimum absolute atomic E-state index is 0.00311. The van der Waals surface area contributed by atoms with Crippen molar-refractivity contribution in [3.8, 4) is 11.6 Å². The van der Waals surface area contributed by atoms with E-state index in [9.17, 15) is 13.2 Å². The summed E-state index contributed by atoms with van der Waals surface area (Å²) in [5.74, 6) is 0.530. The van der Waals surface area contributed by atoms with E-state index in [0.29, 0.717) is 11.4 Å². The van der Waals surface area contributed by atoms with Crippen LogP contribution in [0.3, 0.4) is 0 Å². The Kier molecular flexibility index (Phi) is 6.48. The quantitative estimate of drug-likeness (QED) is 0.566. The molecule has 0 aliphatic carbocycles. The lowest BCUT2D eigenvalue weighted by molar-refractivity contribution is -0.115. The predicted molar refractivity (Wildman–Crippen MR) is 111 cm³/mol. The fourth-order valence-corrected chi connectivity index (χ4v) is 3.59. The van der Waals surface area contributed by atoms with Crippen molar-refractivity contribution in [2.24, 2.45) is 0 Å². The summed E-state index contributed by atoms with van der Waals surface area (Å²) < 4.78 is 37.5. The molecule has 10 heteroatoms. The molecule has 0 saturated heterocycles. The second-order valence-corrected chi connectivity index (χ2v) is 7.80. The van der Waals surface area contributed by atoms with Crippen molar-refractivity contribution in [1.29, 1.82) is 0 Å². The maximum Gasteiger partial charge on any atom is 0.263 e. The molecule has 156 valence electrons. The van der Waals surface area contributed by atoms with E-state index < -0.39 is 10.0 Å². The Hall–Kier alpha value is -3.66. The van der Waals surface area contributed by atoms with Crippen molar-refractivity contribution in [3.63, 3.8) is 0 Å². The number of anilines is 2. The zero-order chi connectivity index (χ0) is 21.6. The zero-order valence-corrected chi connectivity index (χ0v) is 17.1. The largest absolute Gasteiger partial charge is 0.497 e. The van der Waals surface area contributed by atoms with Crippen LogP contribution < -0.4 is 19.5 Å². The van der Waals surface area contributed by atoms with Gasteiger partial charge in [0.25, 0.3) is 15.9 Å². The first-order valence-corrected chi connectivity index (χ1v) is 10.3. The average molecular weight is 428 g/mol. The Morgan fingerprint density at radius 1 is 0.933 bits per heavy atom. The third-order valence-electron chi connectivity index (χ3n) is 4.06. The Morgan fingerprint density at radius 3 is 2.23 bits per heavy atom. The van der Waals surface area contributed by atoms with Crippen molar-refractivity contribution in [2.75, 3.05) is 24.3 Å². The van der Waals surface area contributed by atoms with Crippen LogP contribution in [0.25, 0.3) is 0 Å². The van der Waals surface area contributed by atoms with Crippen molar-refractivity contribution in [1.82, 2.24) is 9.97 Å². The molecular formula is C20H20N4O5S. The minimum Gasteiger partial charge on any atom is -0.497 e. The number of nitrogens with zero attached hydrogens (tertiary/aromatic N) is 2. The van der Waals surface area contributed by atoms with Crippen LogP contribution in [0, 0.1) is 0 Å². The summed E-state index contributed by atoms with van der Waals surface area (Å²) in [6, 6.07) is 13.0. The van der Waals surface area contributed by atoms with Gasteiger partial charge in [-0.1, -0.05) is 12.1 Å². The normalized spacial score (nSPS) is 10.9. The summed E-state index contributed by atoms with van der Waals surface area (Å²) in [7, 11) is -0.963. The van der Waals surface area contributed by atoms with E-state index in [2.05, 4.69) is 20.0 Å². The van der Waals surface area contributed by atoms with Gasteiger partial charge in [-0.05, 0) is 42.0 Å². The number of sulfonamides is 1. The number of amides is 1. The Balaban J connectivity index is 1.65. The standard InChI is InChI=1S/C20H20N4O5S/c1-28-16-7-3-14(4-8-16)13-18(25)23-15-5-9-17(10-6-15)30(26,27)24-19-20(29-2)22-12-11-21-19/h3-12H,13H2,1-2H3,(H,21,24)(H,23,25). The first-order valence-electron chi connectivity index (χ1n) is 8.82. The van der Waals surface area contributed by atoms with Gasteiger partial charge < -0.3 is 14.8 Å². The molecule has 3 aromatic rings. The summed E-state index contributed by atoms with van der Waals surface area (Å²) in [5.41, 5.74) is 1.30. The van der Waals surface area contributed by atoms with E-state index in [-0.39, 0.29) is 28.9 Å².